The Hall–Kier alpha value is -2.26. The molecule has 2 aromatic carbocycles. The van der Waals surface area contributed by atoms with E-state index in [0.717, 1.165) is 11.1 Å². The topological polar surface area (TPSA) is 44.5 Å². The van der Waals surface area contributed by atoms with Gasteiger partial charge in [0.15, 0.2) is 0 Å². The van der Waals surface area contributed by atoms with Crippen LogP contribution in [0.1, 0.15) is 11.1 Å². The van der Waals surface area contributed by atoms with Gasteiger partial charge in [-0.25, -0.2) is 0 Å². The molecule has 0 spiro atoms. The molecule has 0 amide bonds. The molecule has 1 atom stereocenters. The van der Waals surface area contributed by atoms with Crippen molar-refractivity contribution in [2.24, 2.45) is 5.73 Å². The van der Waals surface area contributed by atoms with E-state index in [4.69, 9.17) is 15.2 Å². The molecular weight excluding hydrogens is 250 g/mol. The van der Waals surface area contributed by atoms with Crippen molar-refractivity contribution in [2.45, 2.75) is 18.2 Å². The highest BCUT2D eigenvalue weighted by atomic mass is 16.7. The summed E-state index contributed by atoms with van der Waals surface area (Å²) < 4.78 is 11.5. The summed E-state index contributed by atoms with van der Waals surface area (Å²) in [5.41, 5.74) is 8.47. The number of benzene rings is 2. The molecule has 0 aromatic heterocycles. The van der Waals surface area contributed by atoms with E-state index in [-0.39, 0.29) is 6.04 Å². The molecule has 0 aliphatic carbocycles. The van der Waals surface area contributed by atoms with E-state index in [1.165, 1.54) is 0 Å². The molecule has 20 heavy (non-hydrogen) atoms. The standard InChI is InChI=1S/C17H17NO2/c18-16(13-14-7-3-1-4-8-14)17(19-11-12-20-17)15-9-5-2-6-10-15/h1-12,16H,13,18H2/t16-/m0/s1. The lowest BCUT2D eigenvalue weighted by Gasteiger charge is -2.33. The van der Waals surface area contributed by atoms with E-state index in [9.17, 15) is 0 Å². The van der Waals surface area contributed by atoms with Crippen LogP contribution in [-0.4, -0.2) is 6.04 Å². The van der Waals surface area contributed by atoms with Crippen LogP contribution >= 0.6 is 0 Å². The Balaban J connectivity index is 1.88. The lowest BCUT2D eigenvalue weighted by molar-refractivity contribution is -0.166. The first kappa shape index (κ1) is 12.8. The second-order valence-corrected chi connectivity index (χ2v) is 4.84. The first-order chi connectivity index (χ1) is 9.81. The molecular formula is C17H17NO2. The molecule has 1 aliphatic rings. The Kier molecular flexibility index (Phi) is 3.44. The van der Waals surface area contributed by atoms with Crippen LogP contribution in [0.5, 0.6) is 0 Å². The SMILES string of the molecule is N[C@@H](Cc1ccccc1)C1(c2ccccc2)OC=CO1. The minimum Gasteiger partial charge on any atom is -0.451 e. The molecule has 0 radical (unpaired) electrons. The van der Waals surface area contributed by atoms with E-state index >= 15 is 0 Å². The summed E-state index contributed by atoms with van der Waals surface area (Å²) in [6, 6.07) is 19.6. The van der Waals surface area contributed by atoms with E-state index in [1.807, 2.05) is 48.5 Å². The van der Waals surface area contributed by atoms with Crippen LogP contribution in [0.2, 0.25) is 0 Å². The number of hydrogen-bond donors (Lipinski definition) is 1. The van der Waals surface area contributed by atoms with Crippen LogP contribution in [0.25, 0.3) is 0 Å². The van der Waals surface area contributed by atoms with Gasteiger partial charge in [-0.1, -0.05) is 60.7 Å². The third-order valence-corrected chi connectivity index (χ3v) is 3.50. The van der Waals surface area contributed by atoms with Crippen LogP contribution in [-0.2, 0) is 21.7 Å². The molecule has 2 aromatic rings. The maximum Gasteiger partial charge on any atom is 0.292 e. The van der Waals surface area contributed by atoms with Crippen molar-refractivity contribution in [3.63, 3.8) is 0 Å². The molecule has 0 bridgehead atoms. The number of rotatable bonds is 4. The average Bonchev–Trinajstić information content (AvgIpc) is 3.00. The monoisotopic (exact) mass is 267 g/mol. The first-order valence-electron chi connectivity index (χ1n) is 6.67. The molecule has 2 N–H and O–H groups in total. The van der Waals surface area contributed by atoms with E-state index in [1.54, 1.807) is 12.5 Å². The fourth-order valence-electron chi connectivity index (χ4n) is 2.48. The molecule has 3 rings (SSSR count). The number of ether oxygens (including phenoxy) is 2. The van der Waals surface area contributed by atoms with Crippen LogP contribution in [0.4, 0.5) is 0 Å². The Morgan fingerprint density at radius 1 is 0.850 bits per heavy atom. The third kappa shape index (κ3) is 2.28. The van der Waals surface area contributed by atoms with Crippen molar-refractivity contribution >= 4 is 0 Å². The molecule has 102 valence electrons. The van der Waals surface area contributed by atoms with Crippen LogP contribution < -0.4 is 5.73 Å². The maximum atomic E-state index is 6.39. The highest BCUT2D eigenvalue weighted by Crippen LogP contribution is 2.35. The Bertz CT molecular complexity index is 572. The van der Waals surface area contributed by atoms with Crippen LogP contribution in [0, 0.1) is 0 Å². The van der Waals surface area contributed by atoms with E-state index in [2.05, 4.69) is 12.1 Å². The lowest BCUT2D eigenvalue weighted by Crippen LogP contribution is -2.47. The Morgan fingerprint density at radius 2 is 1.40 bits per heavy atom. The summed E-state index contributed by atoms with van der Waals surface area (Å²) in [7, 11) is 0. The predicted molar refractivity (Wildman–Crippen MR) is 77.6 cm³/mol. The first-order valence-corrected chi connectivity index (χ1v) is 6.67. The van der Waals surface area contributed by atoms with Crippen molar-refractivity contribution in [1.82, 2.24) is 0 Å². The molecule has 0 saturated carbocycles. The largest absolute Gasteiger partial charge is 0.451 e. The van der Waals surface area contributed by atoms with Gasteiger partial charge in [-0.15, -0.1) is 0 Å². The van der Waals surface area contributed by atoms with Crippen molar-refractivity contribution in [3.8, 4) is 0 Å². The van der Waals surface area contributed by atoms with Gasteiger partial charge in [-0.05, 0) is 12.0 Å². The van der Waals surface area contributed by atoms with Gasteiger partial charge in [0.25, 0.3) is 5.79 Å². The minimum atomic E-state index is -0.933. The summed E-state index contributed by atoms with van der Waals surface area (Å²) in [4.78, 5) is 0. The van der Waals surface area contributed by atoms with Crippen molar-refractivity contribution in [1.29, 1.82) is 0 Å². The Morgan fingerprint density at radius 3 is 2.00 bits per heavy atom. The molecule has 0 fully saturated rings. The number of hydrogen-bond acceptors (Lipinski definition) is 3. The van der Waals surface area contributed by atoms with Gasteiger partial charge in [0, 0.05) is 5.56 Å². The molecule has 0 saturated heterocycles. The van der Waals surface area contributed by atoms with Gasteiger partial charge in [-0.3, -0.25) is 0 Å². The van der Waals surface area contributed by atoms with Crippen molar-refractivity contribution in [2.75, 3.05) is 0 Å². The fraction of sp³-hybridized carbons (Fsp3) is 0.176. The van der Waals surface area contributed by atoms with Gasteiger partial charge < -0.3 is 15.2 Å². The summed E-state index contributed by atoms with van der Waals surface area (Å²) in [5, 5.41) is 0. The molecule has 1 aliphatic heterocycles. The zero-order chi connectivity index (χ0) is 13.8. The van der Waals surface area contributed by atoms with E-state index in [0.29, 0.717) is 6.42 Å². The Labute approximate surface area is 118 Å². The third-order valence-electron chi connectivity index (χ3n) is 3.50. The quantitative estimate of drug-likeness (QED) is 0.926. The minimum absolute atomic E-state index is 0.303. The smallest absolute Gasteiger partial charge is 0.292 e. The van der Waals surface area contributed by atoms with Gasteiger partial charge in [-0.2, -0.15) is 0 Å². The second-order valence-electron chi connectivity index (χ2n) is 4.84. The maximum absolute atomic E-state index is 6.39. The van der Waals surface area contributed by atoms with Crippen molar-refractivity contribution in [3.05, 3.63) is 84.3 Å². The average molecular weight is 267 g/mol. The highest BCUT2D eigenvalue weighted by Gasteiger charge is 2.44. The number of nitrogens with two attached hydrogens (primary N) is 1. The summed E-state index contributed by atoms with van der Waals surface area (Å²) in [6.07, 6.45) is 3.78. The van der Waals surface area contributed by atoms with Crippen LogP contribution in [0.3, 0.4) is 0 Å². The fourth-order valence-corrected chi connectivity index (χ4v) is 2.48. The van der Waals surface area contributed by atoms with Crippen molar-refractivity contribution < 1.29 is 9.47 Å². The lowest BCUT2D eigenvalue weighted by atomic mass is 9.93. The predicted octanol–water partition coefficient (Wildman–Crippen LogP) is 2.93. The zero-order valence-electron chi connectivity index (χ0n) is 11.1. The van der Waals surface area contributed by atoms with E-state index < -0.39 is 5.79 Å². The summed E-state index contributed by atoms with van der Waals surface area (Å²) in [5.74, 6) is -0.933. The molecule has 3 nitrogen and oxygen atoms in total. The van der Waals surface area contributed by atoms with Crippen LogP contribution in [0.15, 0.2) is 73.2 Å². The van der Waals surface area contributed by atoms with Gasteiger partial charge in [0.2, 0.25) is 0 Å². The molecule has 0 unspecified atom stereocenters. The second kappa shape index (κ2) is 5.39. The normalized spacial score (nSPS) is 17.2. The summed E-state index contributed by atoms with van der Waals surface area (Å²) in [6.45, 7) is 0. The zero-order valence-corrected chi connectivity index (χ0v) is 11.1. The molecule has 3 heteroatoms. The van der Waals surface area contributed by atoms with Gasteiger partial charge in [0.1, 0.15) is 12.5 Å². The van der Waals surface area contributed by atoms with Gasteiger partial charge in [0.05, 0.1) is 6.04 Å². The molecule has 1 heterocycles. The van der Waals surface area contributed by atoms with Gasteiger partial charge >= 0.3 is 0 Å². The highest BCUT2D eigenvalue weighted by molar-refractivity contribution is 5.26. The summed E-state index contributed by atoms with van der Waals surface area (Å²) >= 11 is 0.